The van der Waals surface area contributed by atoms with Gasteiger partial charge in [-0.05, 0) is 49.2 Å². The number of nitrogens with zero attached hydrogens (tertiary/aromatic N) is 4. The average molecular weight is 391 g/mol. The number of ether oxygens (including phenoxy) is 1. The maximum atomic E-state index is 13.1. The van der Waals surface area contributed by atoms with Gasteiger partial charge in [0, 0.05) is 49.1 Å². The van der Waals surface area contributed by atoms with Gasteiger partial charge in [-0.2, -0.15) is 5.10 Å². The molecular formula is C22H25N5O2. The molecule has 0 unspecified atom stereocenters. The van der Waals surface area contributed by atoms with Crippen LogP contribution in [0.5, 0.6) is 5.75 Å². The third-order valence-electron chi connectivity index (χ3n) is 5.88. The van der Waals surface area contributed by atoms with Crippen molar-refractivity contribution in [2.75, 3.05) is 19.6 Å². The van der Waals surface area contributed by atoms with Crippen LogP contribution in [0.25, 0.3) is 11.0 Å². The standard InChI is InChI=1S/C22H25N5O2/c1-14-11-17-12-15(4-5-19(17)29-14)22(28)26-9-6-16(13-26)20-18-3-2-8-24-21(18)27(25-20)10-7-23/h2-5,8,12,14,16H,6-7,9-11,13,23H2,1H3/t14-,16-/m1/s1. The molecule has 4 heterocycles. The summed E-state index contributed by atoms with van der Waals surface area (Å²) in [6, 6.07) is 9.79. The van der Waals surface area contributed by atoms with Gasteiger partial charge in [0.05, 0.1) is 12.2 Å². The maximum absolute atomic E-state index is 13.1. The molecule has 150 valence electrons. The van der Waals surface area contributed by atoms with Crippen molar-refractivity contribution in [3.8, 4) is 5.75 Å². The normalized spacial score (nSPS) is 20.8. The largest absolute Gasteiger partial charge is 0.490 e. The second-order valence-electron chi connectivity index (χ2n) is 7.96. The molecule has 1 saturated heterocycles. The Labute approximate surface area is 169 Å². The zero-order valence-corrected chi connectivity index (χ0v) is 16.5. The molecule has 3 aromatic rings. The summed E-state index contributed by atoms with van der Waals surface area (Å²) in [6.07, 6.45) is 3.72. The summed E-state index contributed by atoms with van der Waals surface area (Å²) in [6.45, 7) is 4.61. The van der Waals surface area contributed by atoms with E-state index in [9.17, 15) is 4.79 Å². The number of hydrogen-bond acceptors (Lipinski definition) is 5. The van der Waals surface area contributed by atoms with Crippen molar-refractivity contribution >= 4 is 16.9 Å². The van der Waals surface area contributed by atoms with Crippen molar-refractivity contribution in [3.63, 3.8) is 0 Å². The predicted octanol–water partition coefficient (Wildman–Crippen LogP) is 2.34. The average Bonchev–Trinajstić information content (AvgIpc) is 3.43. The first-order valence-corrected chi connectivity index (χ1v) is 10.2. The molecule has 29 heavy (non-hydrogen) atoms. The van der Waals surface area contributed by atoms with E-state index in [-0.39, 0.29) is 17.9 Å². The van der Waals surface area contributed by atoms with Gasteiger partial charge in [-0.15, -0.1) is 0 Å². The lowest BCUT2D eigenvalue weighted by molar-refractivity contribution is 0.0790. The highest BCUT2D eigenvalue weighted by Crippen LogP contribution is 2.33. The summed E-state index contributed by atoms with van der Waals surface area (Å²) in [4.78, 5) is 19.5. The molecule has 0 radical (unpaired) electrons. The second kappa shape index (κ2) is 7.15. The smallest absolute Gasteiger partial charge is 0.253 e. The van der Waals surface area contributed by atoms with E-state index in [4.69, 9.17) is 15.6 Å². The number of rotatable bonds is 4. The van der Waals surface area contributed by atoms with E-state index in [0.717, 1.165) is 53.0 Å². The third-order valence-corrected chi connectivity index (χ3v) is 5.88. The minimum absolute atomic E-state index is 0.0821. The number of aromatic nitrogens is 3. The molecule has 5 rings (SSSR count). The molecule has 2 aliphatic heterocycles. The Hall–Kier alpha value is -2.93. The minimum atomic E-state index is 0.0821. The summed E-state index contributed by atoms with van der Waals surface area (Å²) in [7, 11) is 0. The first-order valence-electron chi connectivity index (χ1n) is 10.2. The molecule has 2 aromatic heterocycles. The Bertz CT molecular complexity index is 1080. The molecule has 2 aliphatic rings. The molecule has 7 heteroatoms. The van der Waals surface area contributed by atoms with Crippen LogP contribution in [0.15, 0.2) is 36.5 Å². The van der Waals surface area contributed by atoms with Gasteiger partial charge >= 0.3 is 0 Å². The first-order chi connectivity index (χ1) is 14.1. The summed E-state index contributed by atoms with van der Waals surface area (Å²) < 4.78 is 7.64. The number of pyridine rings is 1. The highest BCUT2D eigenvalue weighted by atomic mass is 16.5. The van der Waals surface area contributed by atoms with Gasteiger partial charge in [-0.25, -0.2) is 9.67 Å². The summed E-state index contributed by atoms with van der Waals surface area (Å²) in [5, 5.41) is 5.86. The van der Waals surface area contributed by atoms with Crippen LogP contribution in [-0.4, -0.2) is 51.3 Å². The predicted molar refractivity (Wildman–Crippen MR) is 110 cm³/mol. The lowest BCUT2D eigenvalue weighted by Crippen LogP contribution is -2.28. The Morgan fingerprint density at radius 2 is 2.24 bits per heavy atom. The summed E-state index contributed by atoms with van der Waals surface area (Å²) in [5.74, 6) is 1.19. The number of likely N-dealkylation sites (tertiary alicyclic amines) is 1. The number of amides is 1. The van der Waals surface area contributed by atoms with Crippen LogP contribution in [0, 0.1) is 0 Å². The lowest BCUT2D eigenvalue weighted by Gasteiger charge is -2.16. The summed E-state index contributed by atoms with van der Waals surface area (Å²) in [5.41, 5.74) is 9.48. The fourth-order valence-corrected chi connectivity index (χ4v) is 4.52. The van der Waals surface area contributed by atoms with Crippen LogP contribution in [0.2, 0.25) is 0 Å². The van der Waals surface area contributed by atoms with E-state index >= 15 is 0 Å². The van der Waals surface area contributed by atoms with Crippen molar-refractivity contribution in [1.82, 2.24) is 19.7 Å². The van der Waals surface area contributed by atoms with E-state index < -0.39 is 0 Å². The van der Waals surface area contributed by atoms with E-state index in [2.05, 4.69) is 18.0 Å². The van der Waals surface area contributed by atoms with Crippen molar-refractivity contribution in [2.24, 2.45) is 5.73 Å². The van der Waals surface area contributed by atoms with Crippen LogP contribution in [0.4, 0.5) is 0 Å². The molecule has 1 amide bonds. The highest BCUT2D eigenvalue weighted by Gasteiger charge is 2.32. The van der Waals surface area contributed by atoms with Gasteiger partial charge in [-0.1, -0.05) is 0 Å². The third kappa shape index (κ3) is 3.15. The Kier molecular flexibility index (Phi) is 4.47. The Balaban J connectivity index is 1.37. The van der Waals surface area contributed by atoms with Gasteiger partial charge in [-0.3, -0.25) is 4.79 Å². The number of carbonyl (C=O) groups excluding carboxylic acids is 1. The molecule has 0 spiro atoms. The van der Waals surface area contributed by atoms with Gasteiger partial charge in [0.2, 0.25) is 0 Å². The van der Waals surface area contributed by atoms with Crippen LogP contribution in [0.3, 0.4) is 0 Å². The van der Waals surface area contributed by atoms with Gasteiger partial charge in [0.1, 0.15) is 11.9 Å². The highest BCUT2D eigenvalue weighted by molar-refractivity contribution is 5.95. The fourth-order valence-electron chi connectivity index (χ4n) is 4.52. The van der Waals surface area contributed by atoms with Gasteiger partial charge in [0.25, 0.3) is 5.91 Å². The molecule has 0 saturated carbocycles. The Morgan fingerprint density at radius 3 is 3.10 bits per heavy atom. The first kappa shape index (κ1) is 18.1. The lowest BCUT2D eigenvalue weighted by atomic mass is 10.0. The van der Waals surface area contributed by atoms with Crippen molar-refractivity contribution in [2.45, 2.75) is 38.3 Å². The van der Waals surface area contributed by atoms with Crippen LogP contribution >= 0.6 is 0 Å². The molecule has 2 atom stereocenters. The number of benzene rings is 1. The molecular weight excluding hydrogens is 366 g/mol. The number of hydrogen-bond donors (Lipinski definition) is 1. The monoisotopic (exact) mass is 391 g/mol. The molecule has 0 aliphatic carbocycles. The van der Waals surface area contributed by atoms with Gasteiger partial charge < -0.3 is 15.4 Å². The summed E-state index contributed by atoms with van der Waals surface area (Å²) >= 11 is 0. The van der Waals surface area contributed by atoms with E-state index in [1.54, 1.807) is 6.20 Å². The Morgan fingerprint density at radius 1 is 1.34 bits per heavy atom. The van der Waals surface area contributed by atoms with Gasteiger partial charge in [0.15, 0.2) is 5.65 Å². The maximum Gasteiger partial charge on any atom is 0.253 e. The topological polar surface area (TPSA) is 86.3 Å². The molecule has 1 fully saturated rings. The minimum Gasteiger partial charge on any atom is -0.490 e. The van der Waals surface area contributed by atoms with E-state index in [1.807, 2.05) is 33.8 Å². The van der Waals surface area contributed by atoms with E-state index in [0.29, 0.717) is 19.6 Å². The molecule has 2 N–H and O–H groups in total. The quantitative estimate of drug-likeness (QED) is 0.738. The van der Waals surface area contributed by atoms with Crippen LogP contribution in [0.1, 0.15) is 40.9 Å². The number of carbonyl (C=O) groups is 1. The SMILES string of the molecule is C[C@@H]1Cc2cc(C(=O)N3CC[C@@H](c4nn(CCN)c5ncccc45)C3)ccc2O1. The zero-order valence-electron chi connectivity index (χ0n) is 16.5. The van der Waals surface area contributed by atoms with Crippen molar-refractivity contribution < 1.29 is 9.53 Å². The number of fused-ring (bicyclic) bond motifs is 2. The van der Waals surface area contributed by atoms with Crippen molar-refractivity contribution in [3.05, 3.63) is 53.3 Å². The van der Waals surface area contributed by atoms with E-state index in [1.165, 1.54) is 0 Å². The molecule has 0 bridgehead atoms. The molecule has 1 aromatic carbocycles. The second-order valence-corrected chi connectivity index (χ2v) is 7.96. The zero-order chi connectivity index (χ0) is 20.0. The van der Waals surface area contributed by atoms with Crippen molar-refractivity contribution in [1.29, 1.82) is 0 Å². The number of nitrogens with two attached hydrogens (primary N) is 1. The fraction of sp³-hybridized carbons (Fsp3) is 0.409. The van der Waals surface area contributed by atoms with Crippen LogP contribution < -0.4 is 10.5 Å². The molecule has 7 nitrogen and oxygen atoms in total. The van der Waals surface area contributed by atoms with Crippen LogP contribution in [-0.2, 0) is 13.0 Å².